The summed E-state index contributed by atoms with van der Waals surface area (Å²) in [6.07, 6.45) is 0.370. The molecule has 0 bridgehead atoms. The number of benzene rings is 1. The molecule has 0 heterocycles. The van der Waals surface area contributed by atoms with Gasteiger partial charge in [-0.2, -0.15) is 0 Å². The third kappa shape index (κ3) is 5.59. The lowest BCUT2D eigenvalue weighted by atomic mass is 10.2. The number of hydrogen-bond acceptors (Lipinski definition) is 5. The van der Waals surface area contributed by atoms with Gasteiger partial charge in [0, 0.05) is 32.3 Å². The van der Waals surface area contributed by atoms with Crippen molar-refractivity contribution in [3.8, 4) is 5.75 Å². The molecule has 0 N–H and O–H groups in total. The molecule has 0 saturated heterocycles. The fourth-order valence-corrected chi connectivity index (χ4v) is 1.92. The number of para-hydroxylation sites is 1. The van der Waals surface area contributed by atoms with E-state index in [0.29, 0.717) is 26.1 Å². The van der Waals surface area contributed by atoms with Gasteiger partial charge >= 0.3 is 5.97 Å². The fraction of sp³-hybridized carbons (Fsp3) is 0.533. The van der Waals surface area contributed by atoms with Crippen LogP contribution in [0.1, 0.15) is 12.0 Å². The molecule has 0 fully saturated rings. The fourth-order valence-electron chi connectivity index (χ4n) is 1.92. The molecule has 0 atom stereocenters. The van der Waals surface area contributed by atoms with Gasteiger partial charge in [0.15, 0.2) is 0 Å². The highest BCUT2D eigenvalue weighted by Gasteiger charge is 2.11. The Balaban J connectivity index is 2.65. The molecule has 112 valence electrons. The molecular formula is C15H23NO4. The van der Waals surface area contributed by atoms with Gasteiger partial charge < -0.3 is 14.2 Å². The second-order valence-electron chi connectivity index (χ2n) is 4.41. The first-order valence-electron chi connectivity index (χ1n) is 6.61. The van der Waals surface area contributed by atoms with E-state index in [1.54, 1.807) is 14.2 Å². The van der Waals surface area contributed by atoms with Crippen molar-refractivity contribution in [3.05, 3.63) is 29.8 Å². The Morgan fingerprint density at radius 1 is 1.15 bits per heavy atom. The van der Waals surface area contributed by atoms with E-state index in [0.717, 1.165) is 17.9 Å². The molecule has 0 spiro atoms. The van der Waals surface area contributed by atoms with Crippen LogP contribution in [0, 0.1) is 0 Å². The predicted octanol–water partition coefficient (Wildman–Crippen LogP) is 1.71. The maximum atomic E-state index is 11.3. The van der Waals surface area contributed by atoms with Crippen molar-refractivity contribution in [2.24, 2.45) is 0 Å². The number of esters is 1. The molecule has 1 aromatic rings. The zero-order valence-corrected chi connectivity index (χ0v) is 12.4. The third-order valence-corrected chi connectivity index (χ3v) is 3.06. The molecule has 0 aliphatic rings. The van der Waals surface area contributed by atoms with Crippen molar-refractivity contribution in [1.82, 2.24) is 4.90 Å². The Kier molecular flexibility index (Phi) is 7.69. The molecule has 5 nitrogen and oxygen atoms in total. The molecule has 20 heavy (non-hydrogen) atoms. The van der Waals surface area contributed by atoms with Crippen LogP contribution in [0.4, 0.5) is 0 Å². The lowest BCUT2D eigenvalue weighted by Gasteiger charge is -2.22. The lowest BCUT2D eigenvalue weighted by Crippen LogP contribution is -2.29. The first-order chi connectivity index (χ1) is 9.71. The SMILES string of the molecule is COCCN(CCC(=O)OC)Cc1ccccc1OC. The first-order valence-corrected chi connectivity index (χ1v) is 6.61. The van der Waals surface area contributed by atoms with Gasteiger partial charge in [0.2, 0.25) is 0 Å². The summed E-state index contributed by atoms with van der Waals surface area (Å²) in [5.74, 6) is 0.653. The molecule has 0 aromatic heterocycles. The maximum Gasteiger partial charge on any atom is 0.306 e. The minimum Gasteiger partial charge on any atom is -0.496 e. The molecule has 0 aliphatic heterocycles. The lowest BCUT2D eigenvalue weighted by molar-refractivity contribution is -0.141. The zero-order valence-electron chi connectivity index (χ0n) is 12.4. The molecule has 1 rings (SSSR count). The molecular weight excluding hydrogens is 258 g/mol. The number of nitrogens with zero attached hydrogens (tertiary/aromatic N) is 1. The second-order valence-corrected chi connectivity index (χ2v) is 4.41. The van der Waals surface area contributed by atoms with Gasteiger partial charge in [-0.25, -0.2) is 0 Å². The molecule has 5 heteroatoms. The Morgan fingerprint density at radius 2 is 1.90 bits per heavy atom. The van der Waals surface area contributed by atoms with Crippen LogP contribution in [-0.2, 0) is 20.8 Å². The van der Waals surface area contributed by atoms with Crippen molar-refractivity contribution in [2.45, 2.75) is 13.0 Å². The number of carbonyl (C=O) groups is 1. The van der Waals surface area contributed by atoms with Gasteiger partial charge in [-0.05, 0) is 6.07 Å². The molecule has 0 amide bonds. The predicted molar refractivity (Wildman–Crippen MR) is 76.8 cm³/mol. The monoisotopic (exact) mass is 281 g/mol. The van der Waals surface area contributed by atoms with Crippen molar-refractivity contribution >= 4 is 5.97 Å². The van der Waals surface area contributed by atoms with Crippen LogP contribution >= 0.6 is 0 Å². The summed E-state index contributed by atoms with van der Waals surface area (Å²) in [5.41, 5.74) is 1.09. The largest absolute Gasteiger partial charge is 0.496 e. The van der Waals surface area contributed by atoms with Crippen molar-refractivity contribution in [1.29, 1.82) is 0 Å². The number of rotatable bonds is 9. The Morgan fingerprint density at radius 3 is 2.55 bits per heavy atom. The summed E-state index contributed by atoms with van der Waals surface area (Å²) in [5, 5.41) is 0. The smallest absolute Gasteiger partial charge is 0.306 e. The van der Waals surface area contributed by atoms with Gasteiger partial charge in [-0.1, -0.05) is 18.2 Å². The number of ether oxygens (including phenoxy) is 3. The zero-order chi connectivity index (χ0) is 14.8. The number of methoxy groups -OCH3 is 3. The third-order valence-electron chi connectivity index (χ3n) is 3.06. The Bertz CT molecular complexity index is 409. The van der Waals surface area contributed by atoms with Crippen LogP contribution in [0.15, 0.2) is 24.3 Å². The van der Waals surface area contributed by atoms with E-state index < -0.39 is 0 Å². The van der Waals surface area contributed by atoms with E-state index in [1.165, 1.54) is 7.11 Å². The molecule has 0 unspecified atom stereocenters. The maximum absolute atomic E-state index is 11.3. The highest BCUT2D eigenvalue weighted by molar-refractivity contribution is 5.69. The minimum atomic E-state index is -0.201. The van der Waals surface area contributed by atoms with E-state index in [-0.39, 0.29) is 5.97 Å². The van der Waals surface area contributed by atoms with Gasteiger partial charge in [0.05, 0.1) is 27.2 Å². The van der Waals surface area contributed by atoms with Crippen molar-refractivity contribution in [2.75, 3.05) is 41.0 Å². The topological polar surface area (TPSA) is 48.0 Å². The highest BCUT2D eigenvalue weighted by Crippen LogP contribution is 2.19. The normalized spacial score (nSPS) is 10.6. The Hall–Kier alpha value is -1.59. The van der Waals surface area contributed by atoms with Crippen LogP contribution in [0.2, 0.25) is 0 Å². The Labute approximate surface area is 120 Å². The van der Waals surface area contributed by atoms with Crippen LogP contribution in [0.25, 0.3) is 0 Å². The number of carbonyl (C=O) groups excluding carboxylic acids is 1. The van der Waals surface area contributed by atoms with Gasteiger partial charge in [0.25, 0.3) is 0 Å². The first kappa shape index (κ1) is 16.5. The van der Waals surface area contributed by atoms with E-state index >= 15 is 0 Å². The number of hydrogen-bond donors (Lipinski definition) is 0. The van der Waals surface area contributed by atoms with Crippen LogP contribution in [0.3, 0.4) is 0 Å². The quantitative estimate of drug-likeness (QED) is 0.645. The highest BCUT2D eigenvalue weighted by atomic mass is 16.5. The van der Waals surface area contributed by atoms with Crippen LogP contribution in [0.5, 0.6) is 5.75 Å². The van der Waals surface area contributed by atoms with E-state index in [2.05, 4.69) is 9.64 Å². The molecule has 0 aliphatic carbocycles. The van der Waals surface area contributed by atoms with E-state index in [4.69, 9.17) is 9.47 Å². The molecule has 0 radical (unpaired) electrons. The summed E-state index contributed by atoms with van der Waals surface area (Å²) < 4.78 is 15.1. The summed E-state index contributed by atoms with van der Waals surface area (Å²) >= 11 is 0. The van der Waals surface area contributed by atoms with Crippen molar-refractivity contribution < 1.29 is 19.0 Å². The average Bonchev–Trinajstić information content (AvgIpc) is 2.49. The van der Waals surface area contributed by atoms with Crippen molar-refractivity contribution in [3.63, 3.8) is 0 Å². The van der Waals surface area contributed by atoms with Gasteiger partial charge in [-0.3, -0.25) is 9.69 Å². The standard InChI is InChI=1S/C15H23NO4/c1-18-11-10-16(9-8-15(17)20-3)12-13-6-4-5-7-14(13)19-2/h4-7H,8-12H2,1-3H3. The van der Waals surface area contributed by atoms with Gasteiger partial charge in [0.1, 0.15) is 5.75 Å². The summed E-state index contributed by atoms with van der Waals surface area (Å²) in [7, 11) is 4.73. The van der Waals surface area contributed by atoms with Crippen LogP contribution in [-0.4, -0.2) is 51.9 Å². The molecule has 1 aromatic carbocycles. The summed E-state index contributed by atoms with van der Waals surface area (Å²) in [6, 6.07) is 7.88. The van der Waals surface area contributed by atoms with Crippen LogP contribution < -0.4 is 4.74 Å². The van der Waals surface area contributed by atoms with Gasteiger partial charge in [-0.15, -0.1) is 0 Å². The average molecular weight is 281 g/mol. The van der Waals surface area contributed by atoms with E-state index in [1.807, 2.05) is 24.3 Å². The minimum absolute atomic E-state index is 0.201. The molecule has 0 saturated carbocycles. The summed E-state index contributed by atoms with van der Waals surface area (Å²) in [4.78, 5) is 13.4. The summed E-state index contributed by atoms with van der Waals surface area (Å²) in [6.45, 7) is 2.72. The van der Waals surface area contributed by atoms with E-state index in [9.17, 15) is 4.79 Å². The second kappa shape index (κ2) is 9.34.